The van der Waals surface area contributed by atoms with Crippen molar-refractivity contribution in [3.63, 3.8) is 0 Å². The summed E-state index contributed by atoms with van der Waals surface area (Å²) in [5.74, 6) is -0.831. The van der Waals surface area contributed by atoms with Crippen LogP contribution in [-0.4, -0.2) is 152 Å². The Morgan fingerprint density at radius 1 is 0.833 bits per heavy atom. The molecule has 6 unspecified atom stereocenters. The first-order valence-electron chi connectivity index (χ1n) is 13.2. The van der Waals surface area contributed by atoms with E-state index < -0.39 is 92.5 Å². The Labute approximate surface area is 246 Å². The van der Waals surface area contributed by atoms with E-state index in [4.69, 9.17) is 18.9 Å². The fraction of sp³-hybridized carbons (Fsp3) is 0.680. The summed E-state index contributed by atoms with van der Waals surface area (Å²) in [6.45, 7) is -1.41. The summed E-state index contributed by atoms with van der Waals surface area (Å²) >= 11 is 4.11. The molecule has 2 aliphatic heterocycles. The molecular formula is C25H38N2O14S. The number of nitrogens with one attached hydrogen (secondary N) is 2. The van der Waals surface area contributed by atoms with Crippen LogP contribution in [-0.2, 0) is 30.2 Å². The normalized spacial score (nSPS) is 33.9. The van der Waals surface area contributed by atoms with E-state index in [1.54, 1.807) is 12.1 Å². The fourth-order valence-corrected chi connectivity index (χ4v) is 4.54. The quantitative estimate of drug-likeness (QED) is 0.0726. The fourth-order valence-electron chi connectivity index (χ4n) is 4.29. The van der Waals surface area contributed by atoms with Crippen LogP contribution in [0, 0.1) is 0 Å². The van der Waals surface area contributed by atoms with Gasteiger partial charge >= 0.3 is 0 Å². The van der Waals surface area contributed by atoms with E-state index in [2.05, 4.69) is 23.3 Å². The molecule has 1 aromatic rings. The van der Waals surface area contributed by atoms with Gasteiger partial charge in [-0.2, -0.15) is 12.6 Å². The maximum Gasteiger partial charge on any atom is 0.243 e. The van der Waals surface area contributed by atoms with Gasteiger partial charge < -0.3 is 70.4 Å². The lowest BCUT2D eigenvalue weighted by Gasteiger charge is -2.39. The van der Waals surface area contributed by atoms with Crippen molar-refractivity contribution in [2.45, 2.75) is 73.9 Å². The summed E-state index contributed by atoms with van der Waals surface area (Å²) in [4.78, 5) is 25.0. The van der Waals surface area contributed by atoms with Crippen LogP contribution in [0.4, 0.5) is 0 Å². The smallest absolute Gasteiger partial charge is 0.243 e. The van der Waals surface area contributed by atoms with E-state index in [9.17, 15) is 50.4 Å². The minimum Gasteiger partial charge on any atom is -0.462 e. The van der Waals surface area contributed by atoms with E-state index in [1.165, 1.54) is 12.1 Å². The molecule has 0 radical (unpaired) electrons. The zero-order valence-electron chi connectivity index (χ0n) is 22.4. The van der Waals surface area contributed by atoms with Crippen LogP contribution in [0.5, 0.6) is 5.75 Å². The van der Waals surface area contributed by atoms with E-state index in [1.807, 2.05) is 0 Å². The summed E-state index contributed by atoms with van der Waals surface area (Å²) < 4.78 is 21.3. The van der Waals surface area contributed by atoms with Gasteiger partial charge in [-0.15, -0.1) is 0 Å². The largest absolute Gasteiger partial charge is 0.462 e. The van der Waals surface area contributed by atoms with E-state index in [-0.39, 0.29) is 31.1 Å². The van der Waals surface area contributed by atoms with Gasteiger partial charge in [0.2, 0.25) is 18.1 Å². The van der Waals surface area contributed by atoms with Crippen molar-refractivity contribution in [2.24, 2.45) is 0 Å². The van der Waals surface area contributed by atoms with Crippen molar-refractivity contribution in [1.29, 1.82) is 0 Å². The van der Waals surface area contributed by atoms with Gasteiger partial charge in [0.1, 0.15) is 60.6 Å². The van der Waals surface area contributed by atoms with Crippen LogP contribution in [0.3, 0.4) is 0 Å². The average molecular weight is 623 g/mol. The Balaban J connectivity index is 1.42. The molecule has 0 spiro atoms. The molecule has 2 fully saturated rings. The standard InChI is InChI=1S/C25H38N2O14S/c28-8-14-17(31)19(33)21(35)24(40-14)38-6-5-26-23(37)13(10-42)27-16(30)7-11-1-3-12(4-2-11)39-25-22(36)20(34)18(32)15(9-29)41-25/h1-4,13-15,17-22,24-25,28-29,31-36,42H,5-10H2,(H,26,37)(H,27,30)/t13-,14?,15?,17+,18+,19?,20?,21?,22?,24-,25-/m0/s1. The van der Waals surface area contributed by atoms with Crippen LogP contribution in [0.1, 0.15) is 5.56 Å². The second-order valence-electron chi connectivity index (χ2n) is 9.80. The molecule has 11 atom stereocenters. The summed E-state index contributed by atoms with van der Waals surface area (Å²) in [5.41, 5.74) is 0.555. The van der Waals surface area contributed by atoms with Crippen LogP contribution in [0.25, 0.3) is 0 Å². The number of carbonyl (C=O) groups is 2. The third-order valence-corrected chi connectivity index (χ3v) is 7.12. The molecule has 1 aromatic carbocycles. The maximum absolute atomic E-state index is 12.5. The monoisotopic (exact) mass is 622 g/mol. The van der Waals surface area contributed by atoms with Gasteiger partial charge in [0.05, 0.1) is 26.2 Å². The molecule has 2 amide bonds. The second kappa shape index (κ2) is 16.1. The molecule has 0 saturated carbocycles. The van der Waals surface area contributed by atoms with Crippen LogP contribution >= 0.6 is 12.6 Å². The molecule has 42 heavy (non-hydrogen) atoms. The Kier molecular flexibility index (Phi) is 13.2. The molecule has 0 aromatic heterocycles. The van der Waals surface area contributed by atoms with Gasteiger partial charge in [0.25, 0.3) is 0 Å². The Morgan fingerprint density at radius 2 is 1.38 bits per heavy atom. The predicted octanol–water partition coefficient (Wildman–Crippen LogP) is -5.24. The van der Waals surface area contributed by atoms with E-state index >= 15 is 0 Å². The molecule has 238 valence electrons. The second-order valence-corrected chi connectivity index (χ2v) is 10.2. The Bertz CT molecular complexity index is 1000. The molecule has 0 bridgehead atoms. The van der Waals surface area contributed by atoms with Crippen molar-refractivity contribution in [3.05, 3.63) is 29.8 Å². The van der Waals surface area contributed by atoms with Crippen molar-refractivity contribution < 1.29 is 69.4 Å². The van der Waals surface area contributed by atoms with Crippen molar-refractivity contribution in [2.75, 3.05) is 32.1 Å². The van der Waals surface area contributed by atoms with Crippen molar-refractivity contribution >= 4 is 24.4 Å². The minimum absolute atomic E-state index is 0.0168. The van der Waals surface area contributed by atoms with Gasteiger partial charge in [-0.3, -0.25) is 9.59 Å². The molecule has 10 N–H and O–H groups in total. The highest BCUT2D eigenvalue weighted by atomic mass is 32.1. The molecule has 2 saturated heterocycles. The molecule has 0 aliphatic carbocycles. The van der Waals surface area contributed by atoms with Crippen LogP contribution in [0.15, 0.2) is 24.3 Å². The highest BCUT2D eigenvalue weighted by molar-refractivity contribution is 7.80. The third kappa shape index (κ3) is 8.71. The van der Waals surface area contributed by atoms with Gasteiger partial charge in [-0.1, -0.05) is 12.1 Å². The zero-order valence-corrected chi connectivity index (χ0v) is 23.3. The molecule has 16 nitrogen and oxygen atoms in total. The summed E-state index contributed by atoms with van der Waals surface area (Å²) in [7, 11) is 0. The Hall–Kier alpha value is -2.13. The van der Waals surface area contributed by atoms with Crippen molar-refractivity contribution in [3.8, 4) is 5.75 Å². The Morgan fingerprint density at radius 3 is 1.93 bits per heavy atom. The van der Waals surface area contributed by atoms with Crippen LogP contribution in [0.2, 0.25) is 0 Å². The van der Waals surface area contributed by atoms with E-state index in [0.717, 1.165) is 0 Å². The highest BCUT2D eigenvalue weighted by Crippen LogP contribution is 2.25. The van der Waals surface area contributed by atoms with Gasteiger partial charge in [0, 0.05) is 12.3 Å². The highest BCUT2D eigenvalue weighted by Gasteiger charge is 2.45. The van der Waals surface area contributed by atoms with Gasteiger partial charge in [-0.05, 0) is 17.7 Å². The number of rotatable bonds is 13. The first kappa shape index (κ1) is 34.4. The third-order valence-electron chi connectivity index (χ3n) is 6.75. The molecule has 3 rings (SSSR count). The number of amides is 2. The lowest BCUT2D eigenvalue weighted by Crippen LogP contribution is -2.60. The predicted molar refractivity (Wildman–Crippen MR) is 143 cm³/mol. The first-order valence-corrected chi connectivity index (χ1v) is 13.8. The summed E-state index contributed by atoms with van der Waals surface area (Å²) in [6.07, 6.45) is -14.4. The zero-order chi connectivity index (χ0) is 31.0. The lowest BCUT2D eigenvalue weighted by molar-refractivity contribution is -0.300. The number of aliphatic hydroxyl groups is 8. The summed E-state index contributed by atoms with van der Waals surface area (Å²) in [5, 5.41) is 83.0. The van der Waals surface area contributed by atoms with Crippen molar-refractivity contribution in [1.82, 2.24) is 10.6 Å². The number of thiol groups is 1. The molecule has 2 heterocycles. The van der Waals surface area contributed by atoms with Gasteiger partial charge in [0.15, 0.2) is 6.29 Å². The molecule has 17 heteroatoms. The number of ether oxygens (including phenoxy) is 4. The molecular weight excluding hydrogens is 584 g/mol. The average Bonchev–Trinajstić information content (AvgIpc) is 2.98. The molecule has 2 aliphatic rings. The maximum atomic E-state index is 12.5. The number of carbonyl (C=O) groups excluding carboxylic acids is 2. The summed E-state index contributed by atoms with van der Waals surface area (Å²) in [6, 6.07) is 5.11. The van der Waals surface area contributed by atoms with E-state index in [0.29, 0.717) is 5.56 Å². The minimum atomic E-state index is -1.59. The lowest BCUT2D eigenvalue weighted by atomic mass is 9.99. The number of benzene rings is 1. The number of hydrogen-bond donors (Lipinski definition) is 11. The topological polar surface area (TPSA) is 257 Å². The van der Waals surface area contributed by atoms with Crippen LogP contribution < -0.4 is 15.4 Å². The first-order chi connectivity index (χ1) is 20.0. The number of hydrogen-bond acceptors (Lipinski definition) is 15. The SMILES string of the molecule is O=C(Cc1ccc(O[C@H]2OC(CO)[C@@H](O)C(O)C2O)cc1)N[C@@H](CS)C(=O)NCCO[C@H]1OC(CO)[C@@H](O)C(O)C1O. The number of aliphatic hydroxyl groups excluding tert-OH is 8. The van der Waals surface area contributed by atoms with Gasteiger partial charge in [-0.25, -0.2) is 0 Å².